The van der Waals surface area contributed by atoms with Crippen LogP contribution in [0.15, 0.2) is 340 Å². The molecule has 0 amide bonds. The Balaban J connectivity index is 0.000000158. The van der Waals surface area contributed by atoms with Crippen molar-refractivity contribution in [2.75, 3.05) is 81.9 Å². The number of carbonyl (C=O) groups is 4. The second-order valence-electron chi connectivity index (χ2n) is 26.1. The zero-order valence-electron chi connectivity index (χ0n) is 66.0. The molecule has 1 N–H and O–H groups in total. The monoisotopic (exact) mass is 1770 g/mol. The van der Waals surface area contributed by atoms with Crippen molar-refractivity contribution in [1.82, 2.24) is 0 Å². The van der Waals surface area contributed by atoms with E-state index in [0.717, 1.165) is 127 Å². The lowest BCUT2D eigenvalue weighted by molar-refractivity contribution is 0.111. The summed E-state index contributed by atoms with van der Waals surface area (Å²) in [5.41, 5.74) is 15.0. The summed E-state index contributed by atoms with van der Waals surface area (Å²) in [6.45, 7) is 19.9. The highest BCUT2D eigenvalue weighted by Crippen LogP contribution is 2.38. The van der Waals surface area contributed by atoms with Gasteiger partial charge in [-0.3, -0.25) is 19.2 Å². The van der Waals surface area contributed by atoms with Gasteiger partial charge in [0.2, 0.25) is 0 Å². The number of para-hydroxylation sites is 5. The van der Waals surface area contributed by atoms with Crippen LogP contribution >= 0.6 is 45.2 Å². The summed E-state index contributed by atoms with van der Waals surface area (Å²) in [6, 6.07) is 105. The van der Waals surface area contributed by atoms with Gasteiger partial charge in [0.15, 0.2) is 12.6 Å². The van der Waals surface area contributed by atoms with Crippen LogP contribution in [-0.2, 0) is 4.74 Å². The first-order valence-electron chi connectivity index (χ1n) is 38.6. The number of anilines is 12. The van der Waals surface area contributed by atoms with Crippen LogP contribution in [0.1, 0.15) is 95.8 Å². The lowest BCUT2D eigenvalue weighted by Crippen LogP contribution is -2.21. The van der Waals surface area contributed by atoms with Crippen molar-refractivity contribution < 1.29 is 37.9 Å². The topological polar surface area (TPSA) is 178 Å². The Labute approximate surface area is 706 Å². The van der Waals surface area contributed by atoms with Crippen molar-refractivity contribution in [2.24, 2.45) is 0 Å². The number of halogens is 2. The molecule has 0 atom stereocenters. The van der Waals surface area contributed by atoms with E-state index in [-0.39, 0.29) is 16.9 Å². The van der Waals surface area contributed by atoms with Crippen molar-refractivity contribution in [2.45, 2.75) is 54.4 Å². The molecule has 0 saturated carbocycles. The van der Waals surface area contributed by atoms with E-state index in [1.807, 2.05) is 153 Å². The van der Waals surface area contributed by atoms with E-state index in [0.29, 0.717) is 40.4 Å². The Kier molecular flexibility index (Phi) is 35.4. The molecule has 1 saturated heterocycles. The number of carbonyl (C=O) groups excluding carboxylic acids is 4. The van der Waals surface area contributed by atoms with Gasteiger partial charge in [0.1, 0.15) is 35.1 Å². The SMILES string of the molecule is C1CCOC1.CCN(CC)c1ccc(C=O)c(O)c1.CCN(CC)c1ccc2cc(C=O)c(=O)oc2c1.CCN(CC)c1ccc2ccc(=O)oc2c1.O=Cc1ccc(N(c2ccc(I)cc2)c2ccc(I)cc2)cc1.O=Cc1ccc(N(c2ccccc2)c2ccccc2)cc1.c1ccc(N(c2ccccc2)c2ccccc2)cc1. The van der Waals surface area contributed by atoms with Crippen molar-refractivity contribution in [1.29, 1.82) is 0 Å². The van der Waals surface area contributed by atoms with Gasteiger partial charge in [0.25, 0.3) is 0 Å². The number of hydrogen-bond donors (Lipinski definition) is 1. The molecule has 0 aliphatic carbocycles. The standard InChI is InChI=1S/C19H13I2NO.C19H15NO.C18H15N.C14H15NO3.C13H15NO2.C11H15NO2.C4H8O/c20-15-3-9-18(10-4-15)22(19-11-5-16(21)6-12-19)17-7-1-14(13-23)2-8-17;21-15-16-11-13-19(14-12-16)20(17-7-3-1-4-8-17)18-9-5-2-6-10-18;1-4-10-16(11-5-1)19(17-12-6-2-7-13-17)18-14-8-3-9-15-18;1-3-15(4-2)12-6-5-10-7-11(9-16)14(17)18-13(10)8-12;1-3-14(4-2)11-7-5-10-6-8-13(15)16-12(10)9-11;1-3-12(4-2)10-6-5-9(8-13)11(14)7-10;1-2-4-5-3-1/h1-13H;1-15H;1-15H;5-9H,3-4H2,1-2H3;5-9H,3-4H2,1-2H3;5-8,14H,3-4H2,1-2H3;1-4H2. The van der Waals surface area contributed by atoms with Gasteiger partial charge in [0.05, 0.1) is 5.56 Å². The highest BCUT2D eigenvalue weighted by molar-refractivity contribution is 14.1. The fourth-order valence-electron chi connectivity index (χ4n) is 12.6. The average molecular weight is 1770 g/mol. The maximum Gasteiger partial charge on any atom is 0.346 e. The lowest BCUT2D eigenvalue weighted by Gasteiger charge is -2.25. The molecule has 3 heterocycles. The molecule has 1 aliphatic heterocycles. The van der Waals surface area contributed by atoms with E-state index < -0.39 is 5.63 Å². The molecule has 1 fully saturated rings. The maximum absolute atomic E-state index is 11.5. The van der Waals surface area contributed by atoms with Crippen LogP contribution in [0.5, 0.6) is 5.75 Å². The van der Waals surface area contributed by atoms with Crippen LogP contribution in [-0.4, -0.2) is 82.7 Å². The predicted molar refractivity (Wildman–Crippen MR) is 494 cm³/mol. The Morgan fingerprint density at radius 2 is 0.603 bits per heavy atom. The van der Waals surface area contributed by atoms with E-state index in [1.54, 1.807) is 24.3 Å². The van der Waals surface area contributed by atoms with Gasteiger partial charge in [-0.15, -0.1) is 0 Å². The highest BCUT2D eigenvalue weighted by atomic mass is 127. The molecular formula is C98H96I2N6O10. The fourth-order valence-corrected chi connectivity index (χ4v) is 13.3. The van der Waals surface area contributed by atoms with E-state index in [1.165, 1.54) is 43.1 Å². The van der Waals surface area contributed by atoms with E-state index in [2.05, 4.69) is 254 Å². The smallest absolute Gasteiger partial charge is 0.346 e. The number of benzene rings is 12. The van der Waals surface area contributed by atoms with Crippen LogP contribution in [0.3, 0.4) is 0 Å². The van der Waals surface area contributed by atoms with Gasteiger partial charge in [0, 0.05) is 174 Å². The molecule has 0 spiro atoms. The summed E-state index contributed by atoms with van der Waals surface area (Å²) in [7, 11) is 0. The van der Waals surface area contributed by atoms with Gasteiger partial charge < -0.3 is 48.1 Å². The minimum absolute atomic E-state index is 0.0457. The van der Waals surface area contributed by atoms with Gasteiger partial charge >= 0.3 is 11.3 Å². The zero-order valence-corrected chi connectivity index (χ0v) is 70.4. The molecular weight excluding hydrogens is 1670 g/mol. The Morgan fingerprint density at radius 1 is 0.310 bits per heavy atom. The van der Waals surface area contributed by atoms with Crippen molar-refractivity contribution in [3.05, 3.63) is 372 Å². The van der Waals surface area contributed by atoms with Crippen LogP contribution in [0.2, 0.25) is 0 Å². The molecule has 18 heteroatoms. The molecule has 1 aliphatic rings. The number of aldehydes is 4. The molecule has 2 aromatic heterocycles. The predicted octanol–water partition coefficient (Wildman–Crippen LogP) is 24.2. The van der Waals surface area contributed by atoms with Crippen molar-refractivity contribution in [3.63, 3.8) is 0 Å². The Morgan fingerprint density at radius 3 is 0.914 bits per heavy atom. The number of phenolic OH excluding ortho intramolecular Hbond substituents is 1. The maximum atomic E-state index is 11.5. The number of hydrogen-bond acceptors (Lipinski definition) is 16. The largest absolute Gasteiger partial charge is 0.507 e. The van der Waals surface area contributed by atoms with Crippen LogP contribution < -0.4 is 40.7 Å². The molecule has 0 unspecified atom stereocenters. The molecule has 12 aromatic carbocycles. The summed E-state index contributed by atoms with van der Waals surface area (Å²) in [6.07, 6.45) is 5.45. The summed E-state index contributed by atoms with van der Waals surface area (Å²) >= 11 is 4.61. The first kappa shape index (κ1) is 87.7. The summed E-state index contributed by atoms with van der Waals surface area (Å²) in [4.78, 5) is 78.5. The summed E-state index contributed by atoms with van der Waals surface area (Å²) in [5, 5.41) is 11.2. The minimum atomic E-state index is -0.589. The number of ether oxygens (including phenoxy) is 1. The number of aromatic hydroxyl groups is 1. The number of fused-ring (bicyclic) bond motifs is 2. The number of rotatable bonds is 22. The molecule has 116 heavy (non-hydrogen) atoms. The first-order chi connectivity index (χ1) is 56.7. The van der Waals surface area contributed by atoms with Gasteiger partial charge in [-0.25, -0.2) is 9.59 Å². The fraction of sp³-hybridized carbons (Fsp3) is 0.163. The number of nitrogens with zero attached hydrogens (tertiary/aromatic N) is 6. The van der Waals surface area contributed by atoms with Crippen LogP contribution in [0.4, 0.5) is 68.2 Å². The molecule has 16 nitrogen and oxygen atoms in total. The van der Waals surface area contributed by atoms with Crippen molar-refractivity contribution >= 4 is 161 Å². The van der Waals surface area contributed by atoms with E-state index in [4.69, 9.17) is 13.6 Å². The third kappa shape index (κ3) is 25.6. The average Bonchev–Trinajstić information content (AvgIpc) is 0.867. The summed E-state index contributed by atoms with van der Waals surface area (Å²) < 4.78 is 17.7. The van der Waals surface area contributed by atoms with Gasteiger partial charge in [-0.05, 0) is 306 Å². The van der Waals surface area contributed by atoms with E-state index >= 15 is 0 Å². The Hall–Kier alpha value is -12.2. The van der Waals surface area contributed by atoms with Crippen molar-refractivity contribution in [3.8, 4) is 5.75 Å². The van der Waals surface area contributed by atoms with Gasteiger partial charge in [-0.2, -0.15) is 0 Å². The zero-order chi connectivity index (χ0) is 82.4. The van der Waals surface area contributed by atoms with E-state index in [9.17, 15) is 33.9 Å². The first-order valence-corrected chi connectivity index (χ1v) is 40.8. The molecule has 592 valence electrons. The lowest BCUT2D eigenvalue weighted by atomic mass is 10.1. The third-order valence-corrected chi connectivity index (χ3v) is 20.1. The second kappa shape index (κ2) is 46.8. The molecule has 0 radical (unpaired) electrons. The van der Waals surface area contributed by atoms with Gasteiger partial charge in [-0.1, -0.05) is 91.0 Å². The highest BCUT2D eigenvalue weighted by Gasteiger charge is 2.16. The van der Waals surface area contributed by atoms with Crippen LogP contribution in [0, 0.1) is 7.14 Å². The minimum Gasteiger partial charge on any atom is -0.507 e. The molecule has 0 bridgehead atoms. The third-order valence-electron chi connectivity index (χ3n) is 18.7. The normalized spacial score (nSPS) is 10.9. The second-order valence-corrected chi connectivity index (χ2v) is 28.5. The quantitative estimate of drug-likeness (QED) is 0.0385. The number of phenols is 1. The Bertz CT molecular complexity index is 5240. The summed E-state index contributed by atoms with van der Waals surface area (Å²) in [5.74, 6) is 0.0457. The molecule has 14 aromatic rings. The molecule has 15 rings (SSSR count). The van der Waals surface area contributed by atoms with Crippen LogP contribution in [0.25, 0.3) is 21.9 Å².